The largest absolute Gasteiger partial charge is 0.479 e. The molecule has 1 aromatic carbocycles. The maximum Gasteiger partial charge on any atom is 0.341 e. The van der Waals surface area contributed by atoms with Crippen molar-refractivity contribution in [2.24, 2.45) is 0 Å². The van der Waals surface area contributed by atoms with E-state index in [1.807, 2.05) is 30.3 Å². The topological polar surface area (TPSA) is 77.2 Å². The zero-order chi connectivity index (χ0) is 11.4. The fraction of sp³-hybridized carbons (Fsp3) is 0.100. The Kier molecular flexibility index (Phi) is 2.81. The highest BCUT2D eigenvalue weighted by Crippen LogP contribution is 2.07. The Hall–Kier alpha value is -2.37. The number of hydrogen-bond donors (Lipinski definition) is 1. The third-order valence-electron chi connectivity index (χ3n) is 1.82. The second kappa shape index (κ2) is 4.43. The van der Waals surface area contributed by atoms with E-state index in [-0.39, 0.29) is 6.01 Å². The van der Waals surface area contributed by atoms with Crippen molar-refractivity contribution in [3.8, 4) is 11.7 Å². The van der Waals surface area contributed by atoms with Crippen molar-refractivity contribution in [3.63, 3.8) is 0 Å². The second-order valence-electron chi connectivity index (χ2n) is 2.99. The Labute approximate surface area is 91.1 Å². The molecule has 0 amide bonds. The first kappa shape index (κ1) is 10.2. The summed E-state index contributed by atoms with van der Waals surface area (Å²) in [6, 6.07) is 9.39. The number of ether oxygens (including phenoxy) is 1. The molecule has 0 unspecified atom stereocenters. The van der Waals surface area contributed by atoms with Crippen molar-refractivity contribution < 1.29 is 14.6 Å². The number of carbonyl (C=O) groups is 1. The molecule has 0 aliphatic rings. The molecule has 0 fully saturated rings. The van der Waals surface area contributed by atoms with Gasteiger partial charge in [-0.1, -0.05) is 18.2 Å². The highest BCUT2D eigenvalue weighted by atomic mass is 16.5. The molecule has 0 aliphatic heterocycles. The van der Waals surface area contributed by atoms with Crippen LogP contribution in [0, 0.1) is 0 Å². The van der Waals surface area contributed by atoms with Crippen LogP contribution in [0.2, 0.25) is 0 Å². The molecule has 1 aromatic heterocycles. The second-order valence-corrected chi connectivity index (χ2v) is 2.99. The SMILES string of the molecule is O=C(O)COc1ncn(-c2ccccc2)n1. The lowest BCUT2D eigenvalue weighted by Gasteiger charge is -1.98. The van der Waals surface area contributed by atoms with Gasteiger partial charge in [0.05, 0.1) is 5.69 Å². The highest BCUT2D eigenvalue weighted by molar-refractivity contribution is 5.68. The van der Waals surface area contributed by atoms with Gasteiger partial charge in [-0.05, 0) is 12.1 Å². The molecule has 0 bridgehead atoms. The van der Waals surface area contributed by atoms with Crippen molar-refractivity contribution in [3.05, 3.63) is 36.7 Å². The number of benzene rings is 1. The molecular formula is C10H9N3O3. The summed E-state index contributed by atoms with van der Waals surface area (Å²) in [6.45, 7) is -0.446. The van der Waals surface area contributed by atoms with Crippen LogP contribution in [0.15, 0.2) is 36.7 Å². The maximum absolute atomic E-state index is 10.3. The zero-order valence-corrected chi connectivity index (χ0v) is 8.28. The molecule has 0 saturated carbocycles. The van der Waals surface area contributed by atoms with Gasteiger partial charge in [0.2, 0.25) is 0 Å². The van der Waals surface area contributed by atoms with Gasteiger partial charge in [0.15, 0.2) is 6.61 Å². The number of carboxylic acid groups (broad SMARTS) is 1. The van der Waals surface area contributed by atoms with Crippen LogP contribution in [0.5, 0.6) is 6.01 Å². The molecule has 0 radical (unpaired) electrons. The van der Waals surface area contributed by atoms with Gasteiger partial charge in [-0.3, -0.25) is 0 Å². The van der Waals surface area contributed by atoms with Gasteiger partial charge in [0, 0.05) is 0 Å². The smallest absolute Gasteiger partial charge is 0.341 e. The fourth-order valence-corrected chi connectivity index (χ4v) is 1.15. The monoisotopic (exact) mass is 219 g/mol. The summed E-state index contributed by atoms with van der Waals surface area (Å²) >= 11 is 0. The molecule has 0 aliphatic carbocycles. The maximum atomic E-state index is 10.3. The molecule has 2 rings (SSSR count). The standard InChI is InChI=1S/C10H9N3O3/c14-9(15)6-16-10-11-7-13(12-10)8-4-2-1-3-5-8/h1-5,7H,6H2,(H,14,15). The summed E-state index contributed by atoms with van der Waals surface area (Å²) in [5.74, 6) is -1.06. The lowest BCUT2D eigenvalue weighted by molar-refractivity contribution is -0.139. The summed E-state index contributed by atoms with van der Waals surface area (Å²) in [5, 5.41) is 12.4. The van der Waals surface area contributed by atoms with Crippen LogP contribution in [0.1, 0.15) is 0 Å². The Morgan fingerprint density at radius 1 is 1.38 bits per heavy atom. The molecule has 1 heterocycles. The van der Waals surface area contributed by atoms with E-state index in [4.69, 9.17) is 9.84 Å². The van der Waals surface area contributed by atoms with Crippen molar-refractivity contribution in [2.45, 2.75) is 0 Å². The minimum Gasteiger partial charge on any atom is -0.479 e. The van der Waals surface area contributed by atoms with Gasteiger partial charge in [-0.2, -0.15) is 4.98 Å². The van der Waals surface area contributed by atoms with Crippen molar-refractivity contribution in [2.75, 3.05) is 6.61 Å². The summed E-state index contributed by atoms with van der Waals surface area (Å²) in [4.78, 5) is 14.1. The lowest BCUT2D eigenvalue weighted by Crippen LogP contribution is -2.10. The minimum absolute atomic E-state index is 0.0475. The minimum atomic E-state index is -1.06. The summed E-state index contributed by atoms with van der Waals surface area (Å²) in [5.41, 5.74) is 0.833. The van der Waals surface area contributed by atoms with Gasteiger partial charge in [-0.15, -0.1) is 5.10 Å². The highest BCUT2D eigenvalue weighted by Gasteiger charge is 2.05. The average Bonchev–Trinajstić information content (AvgIpc) is 2.76. The fourth-order valence-electron chi connectivity index (χ4n) is 1.15. The molecule has 1 N–H and O–H groups in total. The molecule has 0 atom stereocenters. The summed E-state index contributed by atoms with van der Waals surface area (Å²) in [6.07, 6.45) is 1.46. The molecule has 6 heteroatoms. The van der Waals surface area contributed by atoms with E-state index in [2.05, 4.69) is 10.1 Å². The van der Waals surface area contributed by atoms with Gasteiger partial charge in [0.25, 0.3) is 0 Å². The van der Waals surface area contributed by atoms with E-state index in [0.717, 1.165) is 5.69 Å². The number of hydrogen-bond acceptors (Lipinski definition) is 4. The Balaban J connectivity index is 2.11. The van der Waals surface area contributed by atoms with Gasteiger partial charge in [-0.25, -0.2) is 9.48 Å². The number of para-hydroxylation sites is 1. The molecule has 16 heavy (non-hydrogen) atoms. The van der Waals surface area contributed by atoms with Crippen LogP contribution in [0.3, 0.4) is 0 Å². The number of rotatable bonds is 4. The Morgan fingerprint density at radius 3 is 2.81 bits per heavy atom. The van der Waals surface area contributed by atoms with Crippen molar-refractivity contribution >= 4 is 5.97 Å². The molecule has 82 valence electrons. The van der Waals surface area contributed by atoms with Gasteiger partial charge < -0.3 is 9.84 Å². The van der Waals surface area contributed by atoms with E-state index < -0.39 is 12.6 Å². The van der Waals surface area contributed by atoms with Crippen molar-refractivity contribution in [1.82, 2.24) is 14.8 Å². The molecule has 0 saturated heterocycles. The van der Waals surface area contributed by atoms with Crippen LogP contribution in [-0.4, -0.2) is 32.4 Å². The zero-order valence-electron chi connectivity index (χ0n) is 8.28. The van der Waals surface area contributed by atoms with Crippen LogP contribution in [0.4, 0.5) is 0 Å². The predicted molar refractivity (Wildman–Crippen MR) is 54.5 cm³/mol. The average molecular weight is 219 g/mol. The lowest BCUT2D eigenvalue weighted by atomic mass is 10.3. The first-order valence-electron chi connectivity index (χ1n) is 4.57. The summed E-state index contributed by atoms with van der Waals surface area (Å²) < 4.78 is 6.34. The quantitative estimate of drug-likeness (QED) is 0.820. The van der Waals surface area contributed by atoms with Gasteiger partial charge >= 0.3 is 12.0 Å². The number of nitrogens with zero attached hydrogens (tertiary/aromatic N) is 3. The predicted octanol–water partition coefficient (Wildman–Crippen LogP) is 0.731. The van der Waals surface area contributed by atoms with E-state index in [1.54, 1.807) is 0 Å². The van der Waals surface area contributed by atoms with E-state index in [1.165, 1.54) is 11.0 Å². The Morgan fingerprint density at radius 2 is 2.12 bits per heavy atom. The van der Waals surface area contributed by atoms with Crippen LogP contribution < -0.4 is 4.74 Å². The first-order valence-corrected chi connectivity index (χ1v) is 4.57. The summed E-state index contributed by atoms with van der Waals surface area (Å²) in [7, 11) is 0. The first-order chi connectivity index (χ1) is 7.75. The number of aliphatic carboxylic acids is 1. The van der Waals surface area contributed by atoms with Gasteiger partial charge in [0.1, 0.15) is 6.33 Å². The number of carboxylic acids is 1. The van der Waals surface area contributed by atoms with Crippen LogP contribution in [0.25, 0.3) is 5.69 Å². The third-order valence-corrected chi connectivity index (χ3v) is 1.82. The molecular weight excluding hydrogens is 210 g/mol. The van der Waals surface area contributed by atoms with Crippen LogP contribution >= 0.6 is 0 Å². The van der Waals surface area contributed by atoms with E-state index >= 15 is 0 Å². The third kappa shape index (κ3) is 2.35. The van der Waals surface area contributed by atoms with Crippen molar-refractivity contribution in [1.29, 1.82) is 0 Å². The van der Waals surface area contributed by atoms with E-state index in [0.29, 0.717) is 0 Å². The Bertz CT molecular complexity index is 481. The van der Waals surface area contributed by atoms with E-state index in [9.17, 15) is 4.79 Å². The molecule has 2 aromatic rings. The number of aromatic nitrogens is 3. The molecule has 6 nitrogen and oxygen atoms in total. The van der Waals surface area contributed by atoms with Crippen LogP contribution in [-0.2, 0) is 4.79 Å². The normalized spacial score (nSPS) is 10.0. The molecule has 0 spiro atoms.